The molecule has 3 rings (SSSR count). The lowest BCUT2D eigenvalue weighted by molar-refractivity contribution is -0.0212. The fourth-order valence-corrected chi connectivity index (χ4v) is 2.75. The van der Waals surface area contributed by atoms with Crippen LogP contribution in [0.5, 0.6) is 0 Å². The van der Waals surface area contributed by atoms with E-state index in [1.54, 1.807) is 0 Å². The molecule has 19 heavy (non-hydrogen) atoms. The maximum Gasteiger partial charge on any atom is 0.134 e. The minimum Gasteiger partial charge on any atom is -0.459 e. The number of furan rings is 1. The van der Waals surface area contributed by atoms with Gasteiger partial charge in [0.15, 0.2) is 0 Å². The van der Waals surface area contributed by atoms with Gasteiger partial charge in [-0.3, -0.25) is 4.90 Å². The van der Waals surface area contributed by atoms with Gasteiger partial charge in [-0.15, -0.1) is 0 Å². The van der Waals surface area contributed by atoms with E-state index in [0.717, 1.165) is 37.6 Å². The zero-order valence-electron chi connectivity index (χ0n) is 11.3. The van der Waals surface area contributed by atoms with Crippen molar-refractivity contribution in [2.45, 2.75) is 26.1 Å². The lowest BCUT2D eigenvalue weighted by atomic mass is 10.1. The summed E-state index contributed by atoms with van der Waals surface area (Å²) in [6.07, 6.45) is 0.299. The largest absolute Gasteiger partial charge is 0.459 e. The molecule has 1 saturated heterocycles. The summed E-state index contributed by atoms with van der Waals surface area (Å²) < 4.78 is 11.4. The number of benzene rings is 1. The molecule has 102 valence electrons. The van der Waals surface area contributed by atoms with E-state index in [9.17, 15) is 0 Å². The summed E-state index contributed by atoms with van der Waals surface area (Å²) >= 11 is 0. The SMILES string of the molecule is CC1CN(Cc2c(CN)oc3ccccc23)CCO1. The van der Waals surface area contributed by atoms with Crippen LogP contribution in [0.3, 0.4) is 0 Å². The fraction of sp³-hybridized carbons (Fsp3) is 0.467. The Bertz CT molecular complexity index is 564. The van der Waals surface area contributed by atoms with E-state index in [1.165, 1.54) is 10.9 Å². The highest BCUT2D eigenvalue weighted by Crippen LogP contribution is 2.27. The first-order valence-corrected chi connectivity index (χ1v) is 6.81. The summed E-state index contributed by atoms with van der Waals surface area (Å²) in [5.41, 5.74) is 7.97. The number of ether oxygens (including phenoxy) is 1. The predicted molar refractivity (Wildman–Crippen MR) is 74.8 cm³/mol. The van der Waals surface area contributed by atoms with Crippen LogP contribution < -0.4 is 5.73 Å². The van der Waals surface area contributed by atoms with Crippen LogP contribution in [0.1, 0.15) is 18.2 Å². The van der Waals surface area contributed by atoms with Gasteiger partial charge in [0.2, 0.25) is 0 Å². The van der Waals surface area contributed by atoms with Crippen molar-refractivity contribution in [1.82, 2.24) is 4.90 Å². The van der Waals surface area contributed by atoms with Crippen molar-refractivity contribution in [3.8, 4) is 0 Å². The smallest absolute Gasteiger partial charge is 0.134 e. The molecular formula is C15H20N2O2. The number of hydrogen-bond donors (Lipinski definition) is 1. The van der Waals surface area contributed by atoms with Gasteiger partial charge in [0.25, 0.3) is 0 Å². The highest BCUT2D eigenvalue weighted by molar-refractivity contribution is 5.82. The second-order valence-corrected chi connectivity index (χ2v) is 5.12. The van der Waals surface area contributed by atoms with Gasteiger partial charge in [-0.1, -0.05) is 18.2 Å². The molecule has 0 bridgehead atoms. The van der Waals surface area contributed by atoms with Crippen LogP contribution in [0.2, 0.25) is 0 Å². The highest BCUT2D eigenvalue weighted by atomic mass is 16.5. The average molecular weight is 260 g/mol. The van der Waals surface area contributed by atoms with Gasteiger partial charge in [-0.05, 0) is 13.0 Å². The predicted octanol–water partition coefficient (Wildman–Crippen LogP) is 2.11. The maximum absolute atomic E-state index is 5.83. The van der Waals surface area contributed by atoms with E-state index in [0.29, 0.717) is 12.6 Å². The molecule has 1 aliphatic rings. The summed E-state index contributed by atoms with van der Waals surface area (Å²) in [6.45, 7) is 6.18. The third-order valence-corrected chi connectivity index (χ3v) is 3.67. The molecule has 1 fully saturated rings. The van der Waals surface area contributed by atoms with Crippen molar-refractivity contribution in [3.63, 3.8) is 0 Å². The molecule has 1 aliphatic heterocycles. The van der Waals surface area contributed by atoms with Crippen LogP contribution in [0.15, 0.2) is 28.7 Å². The standard InChI is InChI=1S/C15H20N2O2/c1-11-9-17(6-7-18-11)10-13-12-4-2-3-5-14(12)19-15(13)8-16/h2-5,11H,6-10,16H2,1H3. The molecule has 2 N–H and O–H groups in total. The van der Waals surface area contributed by atoms with Crippen molar-refractivity contribution in [2.24, 2.45) is 5.73 Å². The number of nitrogens with zero attached hydrogens (tertiary/aromatic N) is 1. The Labute approximate surface area is 113 Å². The highest BCUT2D eigenvalue weighted by Gasteiger charge is 2.20. The quantitative estimate of drug-likeness (QED) is 0.918. The Morgan fingerprint density at radius 2 is 2.21 bits per heavy atom. The minimum absolute atomic E-state index is 0.299. The van der Waals surface area contributed by atoms with Crippen molar-refractivity contribution in [2.75, 3.05) is 19.7 Å². The summed E-state index contributed by atoms with van der Waals surface area (Å²) in [6, 6.07) is 8.15. The number of para-hydroxylation sites is 1. The normalized spacial score (nSPS) is 21.1. The number of hydrogen-bond acceptors (Lipinski definition) is 4. The topological polar surface area (TPSA) is 51.6 Å². The van der Waals surface area contributed by atoms with Crippen LogP contribution in [0, 0.1) is 0 Å². The van der Waals surface area contributed by atoms with Gasteiger partial charge in [0.1, 0.15) is 11.3 Å². The van der Waals surface area contributed by atoms with Crippen LogP contribution in [0.25, 0.3) is 11.0 Å². The van der Waals surface area contributed by atoms with Crippen molar-refractivity contribution in [1.29, 1.82) is 0 Å². The first kappa shape index (κ1) is 12.7. The molecular weight excluding hydrogens is 240 g/mol. The molecule has 0 aliphatic carbocycles. The second kappa shape index (κ2) is 5.33. The number of nitrogens with two attached hydrogens (primary N) is 1. The summed E-state index contributed by atoms with van der Waals surface area (Å²) in [5, 5.41) is 1.18. The molecule has 0 saturated carbocycles. The van der Waals surface area contributed by atoms with Crippen LogP contribution in [-0.2, 0) is 17.8 Å². The second-order valence-electron chi connectivity index (χ2n) is 5.12. The lowest BCUT2D eigenvalue weighted by Crippen LogP contribution is -2.40. The molecule has 0 amide bonds. The summed E-state index contributed by atoms with van der Waals surface area (Å²) in [5.74, 6) is 0.903. The third kappa shape index (κ3) is 2.52. The Hall–Kier alpha value is -1.36. The molecule has 0 spiro atoms. The molecule has 1 unspecified atom stereocenters. The fourth-order valence-electron chi connectivity index (χ4n) is 2.75. The van der Waals surface area contributed by atoms with E-state index < -0.39 is 0 Å². The van der Waals surface area contributed by atoms with Gasteiger partial charge in [-0.2, -0.15) is 0 Å². The molecule has 2 heterocycles. The molecule has 1 aromatic heterocycles. The van der Waals surface area contributed by atoms with Crippen LogP contribution in [-0.4, -0.2) is 30.7 Å². The van der Waals surface area contributed by atoms with Gasteiger partial charge in [-0.25, -0.2) is 0 Å². The van der Waals surface area contributed by atoms with E-state index in [2.05, 4.69) is 17.9 Å². The van der Waals surface area contributed by atoms with Crippen LogP contribution in [0.4, 0.5) is 0 Å². The number of morpholine rings is 1. The Morgan fingerprint density at radius 1 is 1.37 bits per heavy atom. The van der Waals surface area contributed by atoms with Gasteiger partial charge >= 0.3 is 0 Å². The molecule has 4 heteroatoms. The van der Waals surface area contributed by atoms with Crippen LogP contribution >= 0.6 is 0 Å². The Kier molecular flexibility index (Phi) is 3.55. The third-order valence-electron chi connectivity index (χ3n) is 3.67. The Morgan fingerprint density at radius 3 is 3.00 bits per heavy atom. The lowest BCUT2D eigenvalue weighted by Gasteiger charge is -2.31. The first-order valence-electron chi connectivity index (χ1n) is 6.81. The van der Waals surface area contributed by atoms with Crippen molar-refractivity contribution in [3.05, 3.63) is 35.6 Å². The van der Waals surface area contributed by atoms with Gasteiger partial charge in [0.05, 0.1) is 19.3 Å². The van der Waals surface area contributed by atoms with Gasteiger partial charge < -0.3 is 14.9 Å². The maximum atomic E-state index is 5.83. The monoisotopic (exact) mass is 260 g/mol. The summed E-state index contributed by atoms with van der Waals surface area (Å²) in [4.78, 5) is 2.41. The summed E-state index contributed by atoms with van der Waals surface area (Å²) in [7, 11) is 0. The average Bonchev–Trinajstić information content (AvgIpc) is 2.77. The zero-order chi connectivity index (χ0) is 13.2. The van der Waals surface area contributed by atoms with Crippen molar-refractivity contribution < 1.29 is 9.15 Å². The first-order chi connectivity index (χ1) is 9.28. The van der Waals surface area contributed by atoms with E-state index in [1.807, 2.05) is 18.2 Å². The molecule has 0 radical (unpaired) electrons. The molecule has 2 aromatic rings. The van der Waals surface area contributed by atoms with E-state index in [-0.39, 0.29) is 0 Å². The van der Waals surface area contributed by atoms with E-state index >= 15 is 0 Å². The van der Waals surface area contributed by atoms with Gasteiger partial charge in [0, 0.05) is 30.6 Å². The molecule has 1 aromatic carbocycles. The molecule has 1 atom stereocenters. The minimum atomic E-state index is 0.299. The number of rotatable bonds is 3. The van der Waals surface area contributed by atoms with E-state index in [4.69, 9.17) is 14.9 Å². The Balaban J connectivity index is 1.90. The zero-order valence-corrected chi connectivity index (χ0v) is 11.3. The molecule has 4 nitrogen and oxygen atoms in total. The van der Waals surface area contributed by atoms with Crippen molar-refractivity contribution >= 4 is 11.0 Å². The number of fused-ring (bicyclic) bond motifs is 1.